The molecule has 2 aromatic rings. The molecule has 2 fully saturated rings. The lowest BCUT2D eigenvalue weighted by Crippen LogP contribution is -2.46. The molecule has 2 saturated heterocycles. The predicted octanol–water partition coefficient (Wildman–Crippen LogP) is 0.673. The highest BCUT2D eigenvalue weighted by Gasteiger charge is 2.40. The molecule has 0 bridgehead atoms. The van der Waals surface area contributed by atoms with Crippen molar-refractivity contribution in [3.63, 3.8) is 0 Å². The Morgan fingerprint density at radius 3 is 2.09 bits per heavy atom. The van der Waals surface area contributed by atoms with Gasteiger partial charge in [0.15, 0.2) is 0 Å². The van der Waals surface area contributed by atoms with Crippen LogP contribution in [-0.4, -0.2) is 21.5 Å². The molecule has 174 valence electrons. The van der Waals surface area contributed by atoms with Crippen LogP contribution in [0.4, 0.5) is 13.2 Å². The van der Waals surface area contributed by atoms with Gasteiger partial charge in [-0.25, -0.2) is 24.4 Å². The molecule has 0 radical (unpaired) electrons. The van der Waals surface area contributed by atoms with E-state index in [1.807, 2.05) is 12.1 Å². The van der Waals surface area contributed by atoms with E-state index in [1.54, 1.807) is 12.1 Å². The van der Waals surface area contributed by atoms with Crippen molar-refractivity contribution in [2.75, 3.05) is 13.1 Å². The summed E-state index contributed by atoms with van der Waals surface area (Å²) in [4.78, 5) is -0.990. The average Bonchev–Trinajstić information content (AvgIpc) is 3.27. The summed E-state index contributed by atoms with van der Waals surface area (Å²) in [5.41, 5.74) is 16.6. The Morgan fingerprint density at radius 1 is 0.969 bits per heavy atom. The van der Waals surface area contributed by atoms with E-state index in [0.717, 1.165) is 37.6 Å². The van der Waals surface area contributed by atoms with Crippen molar-refractivity contribution >= 4 is 10.0 Å². The van der Waals surface area contributed by atoms with Gasteiger partial charge in [0.05, 0.1) is 5.56 Å². The van der Waals surface area contributed by atoms with E-state index in [2.05, 4.69) is 27.2 Å². The third-order valence-corrected chi connectivity index (χ3v) is 6.85. The van der Waals surface area contributed by atoms with Crippen LogP contribution >= 0.6 is 0 Å². The first-order valence-corrected chi connectivity index (χ1v) is 11.4. The third-order valence-electron chi connectivity index (χ3n) is 5.84. The van der Waals surface area contributed by atoms with E-state index < -0.39 is 38.4 Å². The zero-order valence-corrected chi connectivity index (χ0v) is 17.7. The van der Waals surface area contributed by atoms with Crippen LogP contribution in [0.5, 0.6) is 0 Å². The minimum atomic E-state index is -4.92. The van der Waals surface area contributed by atoms with Crippen LogP contribution in [-0.2, 0) is 21.7 Å². The molecular weight excluding hydrogens is 447 g/mol. The maximum absolute atomic E-state index is 13.7. The lowest BCUT2D eigenvalue weighted by atomic mass is 9.82. The molecule has 9 N–H and O–H groups in total. The van der Waals surface area contributed by atoms with Crippen LogP contribution in [0.2, 0.25) is 0 Å². The molecule has 0 aromatic heterocycles. The molecule has 32 heavy (non-hydrogen) atoms. The SMILES string of the molecule is NC1(c2ccc(-c3ccc(C(F)(F)F)c(S(N)(=O)=O)c3C3NNNN3)cc2)CCNCC1. The molecule has 2 aromatic carbocycles. The molecule has 9 nitrogen and oxygen atoms in total. The van der Waals surface area contributed by atoms with Gasteiger partial charge in [0.25, 0.3) is 0 Å². The van der Waals surface area contributed by atoms with E-state index in [4.69, 9.17) is 10.9 Å². The Balaban J connectivity index is 1.87. The van der Waals surface area contributed by atoms with Crippen LogP contribution < -0.4 is 38.1 Å². The summed E-state index contributed by atoms with van der Waals surface area (Å²) in [7, 11) is -4.73. The summed E-state index contributed by atoms with van der Waals surface area (Å²) < 4.78 is 65.7. The van der Waals surface area contributed by atoms with Crippen LogP contribution in [0.15, 0.2) is 41.3 Å². The second kappa shape index (κ2) is 8.35. The van der Waals surface area contributed by atoms with Crippen molar-refractivity contribution in [2.45, 2.75) is 35.6 Å². The van der Waals surface area contributed by atoms with Gasteiger partial charge in [-0.3, -0.25) is 0 Å². The van der Waals surface area contributed by atoms with Crippen molar-refractivity contribution in [1.82, 2.24) is 27.2 Å². The fraction of sp³-hybridized carbons (Fsp3) is 0.368. The Bertz CT molecular complexity index is 1100. The minimum Gasteiger partial charge on any atom is -0.321 e. The average molecular weight is 472 g/mol. The van der Waals surface area contributed by atoms with Crippen molar-refractivity contribution < 1.29 is 21.6 Å². The first-order valence-electron chi connectivity index (χ1n) is 9.89. The van der Waals surface area contributed by atoms with E-state index in [1.165, 1.54) is 6.07 Å². The highest BCUT2D eigenvalue weighted by atomic mass is 32.2. The van der Waals surface area contributed by atoms with Crippen LogP contribution in [0.1, 0.15) is 35.7 Å². The Hall–Kier alpha value is -2.10. The first-order chi connectivity index (χ1) is 15.0. The summed E-state index contributed by atoms with van der Waals surface area (Å²) >= 11 is 0. The van der Waals surface area contributed by atoms with Crippen LogP contribution in [0.25, 0.3) is 11.1 Å². The minimum absolute atomic E-state index is 0.156. The molecule has 0 saturated carbocycles. The highest BCUT2D eigenvalue weighted by molar-refractivity contribution is 7.89. The van der Waals surface area contributed by atoms with Crippen molar-refractivity contribution in [1.29, 1.82) is 0 Å². The second-order valence-corrected chi connectivity index (χ2v) is 9.40. The summed E-state index contributed by atoms with van der Waals surface area (Å²) in [6.07, 6.45) is -4.42. The predicted molar refractivity (Wildman–Crippen MR) is 112 cm³/mol. The molecule has 2 heterocycles. The van der Waals surface area contributed by atoms with Gasteiger partial charge in [0.1, 0.15) is 11.1 Å². The van der Waals surface area contributed by atoms with Gasteiger partial charge in [-0.15, -0.1) is 0 Å². The number of nitrogens with two attached hydrogens (primary N) is 2. The number of hydrazine groups is 3. The first kappa shape index (κ1) is 23.1. The zero-order valence-electron chi connectivity index (χ0n) is 16.9. The number of hydrogen-bond acceptors (Lipinski definition) is 8. The number of benzene rings is 2. The molecule has 4 rings (SSSR count). The molecule has 0 atom stereocenters. The fourth-order valence-corrected chi connectivity index (χ4v) is 5.23. The number of nitrogens with one attached hydrogen (secondary N) is 5. The third kappa shape index (κ3) is 4.38. The second-order valence-electron chi connectivity index (χ2n) is 7.90. The molecule has 0 spiro atoms. The van der Waals surface area contributed by atoms with E-state index in [-0.39, 0.29) is 11.1 Å². The Kier molecular flexibility index (Phi) is 6.02. The zero-order chi connectivity index (χ0) is 23.1. The van der Waals surface area contributed by atoms with Crippen LogP contribution in [0.3, 0.4) is 0 Å². The largest absolute Gasteiger partial charge is 0.417 e. The summed E-state index contributed by atoms with van der Waals surface area (Å²) in [5, 5.41) is 8.52. The molecule has 13 heteroatoms. The molecule has 2 aliphatic rings. The number of halogens is 3. The number of sulfonamides is 1. The number of piperidine rings is 1. The molecule has 0 amide bonds. The Morgan fingerprint density at radius 2 is 1.56 bits per heavy atom. The molecule has 2 aliphatic heterocycles. The lowest BCUT2D eigenvalue weighted by molar-refractivity contribution is -0.140. The van der Waals surface area contributed by atoms with Gasteiger partial charge in [0.2, 0.25) is 10.0 Å². The van der Waals surface area contributed by atoms with Crippen molar-refractivity contribution in [2.24, 2.45) is 10.9 Å². The normalized spacial score (nSPS) is 19.9. The van der Waals surface area contributed by atoms with Gasteiger partial charge in [-0.2, -0.15) is 24.2 Å². The number of primary sulfonamides is 1. The number of hydrogen-bond donors (Lipinski definition) is 7. The maximum Gasteiger partial charge on any atom is 0.417 e. The van der Waals surface area contributed by atoms with Gasteiger partial charge in [-0.05, 0) is 48.7 Å². The van der Waals surface area contributed by atoms with E-state index in [9.17, 15) is 21.6 Å². The lowest BCUT2D eigenvalue weighted by Gasteiger charge is -2.34. The molecule has 0 unspecified atom stereocenters. The fourth-order valence-electron chi connectivity index (χ4n) is 4.21. The monoisotopic (exact) mass is 471 g/mol. The van der Waals surface area contributed by atoms with Gasteiger partial charge < -0.3 is 11.1 Å². The van der Waals surface area contributed by atoms with Crippen LogP contribution in [0, 0.1) is 0 Å². The Labute approximate surface area is 183 Å². The standard InChI is InChI=1S/C19H24F3N7O2S/c20-19(21,22)14-6-5-13(15(16(14)32(24,30)31)17-26-28-29-27-17)11-1-3-12(4-2-11)18(23)7-9-25-10-8-18/h1-6,17,25-29H,7-10,23H2,(H2,24,30,31). The highest BCUT2D eigenvalue weighted by Crippen LogP contribution is 2.41. The number of alkyl halides is 3. The smallest absolute Gasteiger partial charge is 0.321 e. The van der Waals surface area contributed by atoms with Gasteiger partial charge in [0, 0.05) is 11.1 Å². The quantitative estimate of drug-likeness (QED) is 0.345. The molecule has 0 aliphatic carbocycles. The topological polar surface area (TPSA) is 146 Å². The molecular formula is C19H24F3N7O2S. The summed E-state index contributed by atoms with van der Waals surface area (Å²) in [6.45, 7) is 1.58. The summed E-state index contributed by atoms with van der Waals surface area (Å²) in [5.74, 6) is 0. The van der Waals surface area contributed by atoms with Gasteiger partial charge in [-0.1, -0.05) is 30.3 Å². The van der Waals surface area contributed by atoms with Gasteiger partial charge >= 0.3 is 6.18 Å². The maximum atomic E-state index is 13.7. The van der Waals surface area contributed by atoms with E-state index >= 15 is 0 Å². The number of rotatable bonds is 4. The van der Waals surface area contributed by atoms with E-state index in [0.29, 0.717) is 5.56 Å². The van der Waals surface area contributed by atoms with Crippen molar-refractivity contribution in [3.05, 3.63) is 53.1 Å². The van der Waals surface area contributed by atoms with Crippen molar-refractivity contribution in [3.8, 4) is 11.1 Å². The summed E-state index contributed by atoms with van der Waals surface area (Å²) in [6, 6.07) is 9.07.